The maximum Gasteiger partial charge on any atom is 0.133 e. The summed E-state index contributed by atoms with van der Waals surface area (Å²) in [6.07, 6.45) is 4.32. The monoisotopic (exact) mass is 324 g/mol. The molecule has 2 heterocycles. The number of anilines is 1. The minimum Gasteiger partial charge on any atom is -0.379 e. The Hall–Kier alpha value is -1.98. The second kappa shape index (κ2) is 7.28. The van der Waals surface area contributed by atoms with Gasteiger partial charge in [-0.3, -0.25) is 4.90 Å². The molecule has 1 N–H and O–H groups in total. The van der Waals surface area contributed by atoms with Crippen LogP contribution in [0, 0.1) is 0 Å². The van der Waals surface area contributed by atoms with Crippen LogP contribution in [0.2, 0.25) is 0 Å². The zero-order chi connectivity index (χ0) is 16.2. The highest BCUT2D eigenvalue weighted by molar-refractivity contribution is 5.35. The molecule has 1 saturated carbocycles. The van der Waals surface area contributed by atoms with Gasteiger partial charge in [-0.25, -0.2) is 9.97 Å². The minimum absolute atomic E-state index is 0.328. The third-order valence-corrected chi connectivity index (χ3v) is 4.76. The van der Waals surface area contributed by atoms with Crippen molar-refractivity contribution in [2.24, 2.45) is 0 Å². The number of morpholine rings is 1. The van der Waals surface area contributed by atoms with E-state index in [1.165, 1.54) is 18.4 Å². The topological polar surface area (TPSA) is 50.3 Å². The molecule has 5 heteroatoms. The zero-order valence-corrected chi connectivity index (χ0v) is 13.9. The van der Waals surface area contributed by atoms with Gasteiger partial charge in [0.25, 0.3) is 0 Å². The van der Waals surface area contributed by atoms with Crippen LogP contribution >= 0.6 is 0 Å². The van der Waals surface area contributed by atoms with Gasteiger partial charge in [0.05, 0.1) is 19.3 Å². The van der Waals surface area contributed by atoms with Crippen molar-refractivity contribution in [2.75, 3.05) is 38.2 Å². The lowest BCUT2D eigenvalue weighted by Gasteiger charge is -2.35. The van der Waals surface area contributed by atoms with Crippen LogP contribution in [0.3, 0.4) is 0 Å². The van der Waals surface area contributed by atoms with E-state index in [1.54, 1.807) is 0 Å². The molecule has 0 bridgehead atoms. The van der Waals surface area contributed by atoms with Gasteiger partial charge in [-0.1, -0.05) is 30.3 Å². The predicted molar refractivity (Wildman–Crippen MR) is 94.1 cm³/mol. The van der Waals surface area contributed by atoms with Gasteiger partial charge in [0.1, 0.15) is 11.6 Å². The number of nitrogens with one attached hydrogen (secondary N) is 1. The van der Waals surface area contributed by atoms with Gasteiger partial charge in [0.15, 0.2) is 0 Å². The summed E-state index contributed by atoms with van der Waals surface area (Å²) in [5.74, 6) is 2.50. The molecule has 126 valence electrons. The normalized spacial score (nSPS) is 19.8. The zero-order valence-electron chi connectivity index (χ0n) is 13.9. The molecule has 0 unspecified atom stereocenters. The van der Waals surface area contributed by atoms with E-state index in [4.69, 9.17) is 4.74 Å². The summed E-state index contributed by atoms with van der Waals surface area (Å²) < 4.78 is 5.51. The molecule has 0 radical (unpaired) electrons. The molecule has 24 heavy (non-hydrogen) atoms. The molecule has 4 rings (SSSR count). The van der Waals surface area contributed by atoms with Crippen molar-refractivity contribution >= 4 is 5.82 Å². The summed E-state index contributed by atoms with van der Waals surface area (Å²) in [6, 6.07) is 13.0. The highest BCUT2D eigenvalue weighted by Gasteiger charge is 2.27. The first-order valence-corrected chi connectivity index (χ1v) is 8.84. The van der Waals surface area contributed by atoms with Crippen LogP contribution in [0.5, 0.6) is 0 Å². The van der Waals surface area contributed by atoms with Gasteiger partial charge in [0.2, 0.25) is 0 Å². The summed E-state index contributed by atoms with van der Waals surface area (Å²) in [7, 11) is 0. The molecule has 1 aromatic heterocycles. The molecule has 1 saturated heterocycles. The quantitative estimate of drug-likeness (QED) is 0.885. The second-order valence-electron chi connectivity index (χ2n) is 6.53. The molecule has 1 aliphatic carbocycles. The lowest BCUT2D eigenvalue weighted by molar-refractivity contribution is 0.0187. The lowest BCUT2D eigenvalue weighted by atomic mass is 10.0. The Morgan fingerprint density at radius 2 is 1.92 bits per heavy atom. The third-order valence-electron chi connectivity index (χ3n) is 4.76. The molecule has 2 fully saturated rings. The van der Waals surface area contributed by atoms with Gasteiger partial charge < -0.3 is 10.1 Å². The van der Waals surface area contributed by atoms with Crippen molar-refractivity contribution in [3.05, 3.63) is 54.0 Å². The predicted octanol–water partition coefficient (Wildman–Crippen LogP) is 2.84. The van der Waals surface area contributed by atoms with E-state index in [-0.39, 0.29) is 0 Å². The summed E-state index contributed by atoms with van der Waals surface area (Å²) in [4.78, 5) is 11.6. The SMILES string of the molecule is c1ccc([C@@H](CNc2ccnc(C3CC3)n2)N2CCOCC2)cc1. The molecular formula is C19H24N4O. The Morgan fingerprint density at radius 3 is 2.67 bits per heavy atom. The van der Waals surface area contributed by atoms with Crippen LogP contribution < -0.4 is 5.32 Å². The summed E-state index contributed by atoms with van der Waals surface area (Å²) in [5, 5.41) is 3.53. The first-order chi connectivity index (χ1) is 11.9. The number of hydrogen-bond donors (Lipinski definition) is 1. The molecule has 2 aromatic rings. The Kier molecular flexibility index (Phi) is 4.71. The summed E-state index contributed by atoms with van der Waals surface area (Å²) in [6.45, 7) is 4.40. The maximum atomic E-state index is 5.51. The fraction of sp³-hybridized carbons (Fsp3) is 0.474. The standard InChI is InChI=1S/C19H24N4O/c1-2-4-15(5-3-1)17(23-10-12-24-13-11-23)14-21-18-8-9-20-19(22-18)16-6-7-16/h1-5,8-9,16-17H,6-7,10-14H2,(H,20,21,22)/t17-/m1/s1. The Bertz CT molecular complexity index is 653. The van der Waals surface area contributed by atoms with Crippen LogP contribution in [0.15, 0.2) is 42.6 Å². The van der Waals surface area contributed by atoms with Gasteiger partial charge in [-0.05, 0) is 24.5 Å². The second-order valence-corrected chi connectivity index (χ2v) is 6.53. The number of rotatable bonds is 6. The highest BCUT2D eigenvalue weighted by Crippen LogP contribution is 2.38. The molecule has 2 aliphatic rings. The molecule has 1 atom stereocenters. The average molecular weight is 324 g/mol. The van der Waals surface area contributed by atoms with E-state index in [1.807, 2.05) is 12.3 Å². The fourth-order valence-electron chi connectivity index (χ4n) is 3.23. The number of hydrogen-bond acceptors (Lipinski definition) is 5. The minimum atomic E-state index is 0.328. The smallest absolute Gasteiger partial charge is 0.133 e. The molecular weight excluding hydrogens is 300 g/mol. The Morgan fingerprint density at radius 1 is 1.12 bits per heavy atom. The van der Waals surface area contributed by atoms with Crippen molar-refractivity contribution in [2.45, 2.75) is 24.8 Å². The molecule has 0 amide bonds. The van der Waals surface area contributed by atoms with Crippen LogP contribution in [0.25, 0.3) is 0 Å². The van der Waals surface area contributed by atoms with Gasteiger partial charge in [0, 0.05) is 31.7 Å². The number of benzene rings is 1. The van der Waals surface area contributed by atoms with E-state index in [0.29, 0.717) is 12.0 Å². The van der Waals surface area contributed by atoms with E-state index in [0.717, 1.165) is 44.5 Å². The van der Waals surface area contributed by atoms with Gasteiger partial charge in [-0.2, -0.15) is 0 Å². The fourth-order valence-corrected chi connectivity index (χ4v) is 3.23. The first-order valence-electron chi connectivity index (χ1n) is 8.84. The number of nitrogens with zero attached hydrogens (tertiary/aromatic N) is 3. The van der Waals surface area contributed by atoms with Crippen LogP contribution in [-0.2, 0) is 4.74 Å². The van der Waals surface area contributed by atoms with Crippen LogP contribution in [0.1, 0.15) is 36.2 Å². The number of ether oxygens (including phenoxy) is 1. The molecule has 1 aliphatic heterocycles. The largest absolute Gasteiger partial charge is 0.379 e. The van der Waals surface area contributed by atoms with Crippen LogP contribution in [-0.4, -0.2) is 47.7 Å². The summed E-state index contributed by atoms with van der Waals surface area (Å²) in [5.41, 5.74) is 1.34. The molecule has 0 spiro atoms. The molecule has 1 aromatic carbocycles. The van der Waals surface area contributed by atoms with Crippen molar-refractivity contribution in [1.29, 1.82) is 0 Å². The summed E-state index contributed by atoms with van der Waals surface area (Å²) >= 11 is 0. The van der Waals surface area contributed by atoms with E-state index in [9.17, 15) is 0 Å². The van der Waals surface area contributed by atoms with Crippen LogP contribution in [0.4, 0.5) is 5.82 Å². The van der Waals surface area contributed by atoms with E-state index < -0.39 is 0 Å². The van der Waals surface area contributed by atoms with E-state index in [2.05, 4.69) is 50.5 Å². The average Bonchev–Trinajstić information content (AvgIpc) is 3.49. The molecule has 5 nitrogen and oxygen atoms in total. The Balaban J connectivity index is 1.48. The van der Waals surface area contributed by atoms with Crippen molar-refractivity contribution in [3.8, 4) is 0 Å². The van der Waals surface area contributed by atoms with E-state index >= 15 is 0 Å². The van der Waals surface area contributed by atoms with Gasteiger partial charge >= 0.3 is 0 Å². The van der Waals surface area contributed by atoms with Crippen molar-refractivity contribution < 1.29 is 4.74 Å². The highest BCUT2D eigenvalue weighted by atomic mass is 16.5. The van der Waals surface area contributed by atoms with Crippen molar-refractivity contribution in [3.63, 3.8) is 0 Å². The van der Waals surface area contributed by atoms with Crippen molar-refractivity contribution in [1.82, 2.24) is 14.9 Å². The third kappa shape index (κ3) is 3.74. The Labute approximate surface area is 143 Å². The first kappa shape index (κ1) is 15.5. The van der Waals surface area contributed by atoms with Gasteiger partial charge in [-0.15, -0.1) is 0 Å². The number of aromatic nitrogens is 2. The lowest BCUT2D eigenvalue weighted by Crippen LogP contribution is -2.41. The maximum absolute atomic E-state index is 5.51.